The van der Waals surface area contributed by atoms with Crippen molar-refractivity contribution in [1.29, 1.82) is 0 Å². The fraction of sp³-hybridized carbons (Fsp3) is 0.818. The number of thioether (sulfide) groups is 1. The van der Waals surface area contributed by atoms with Gasteiger partial charge in [-0.3, -0.25) is 0 Å². The predicted molar refractivity (Wildman–Crippen MR) is 68.1 cm³/mol. The summed E-state index contributed by atoms with van der Waals surface area (Å²) in [6, 6.07) is 1.23. The molecule has 1 atom stereocenters. The van der Waals surface area contributed by atoms with Gasteiger partial charge in [0.2, 0.25) is 5.89 Å². The van der Waals surface area contributed by atoms with E-state index in [4.69, 9.17) is 4.42 Å². The van der Waals surface area contributed by atoms with Crippen LogP contribution in [-0.4, -0.2) is 33.8 Å². The standard InChI is InChI=1S/C11H18N4OS/c1-2-9(17-5-1)6-13-11-15-14-10(16-11)7-12-8-3-4-8/h8-9,12H,1-7H2,(H,13,15). The van der Waals surface area contributed by atoms with Crippen LogP contribution >= 0.6 is 11.8 Å². The summed E-state index contributed by atoms with van der Waals surface area (Å²) >= 11 is 2.03. The maximum atomic E-state index is 5.52. The summed E-state index contributed by atoms with van der Waals surface area (Å²) in [5.41, 5.74) is 0. The summed E-state index contributed by atoms with van der Waals surface area (Å²) in [5.74, 6) is 1.96. The maximum absolute atomic E-state index is 5.52. The molecule has 1 saturated heterocycles. The first-order chi connectivity index (χ1) is 8.40. The highest BCUT2D eigenvalue weighted by atomic mass is 32.2. The van der Waals surface area contributed by atoms with Gasteiger partial charge in [0, 0.05) is 17.8 Å². The highest BCUT2D eigenvalue weighted by Crippen LogP contribution is 2.26. The summed E-state index contributed by atoms with van der Waals surface area (Å²) < 4.78 is 5.52. The Balaban J connectivity index is 1.42. The van der Waals surface area contributed by atoms with Gasteiger partial charge in [0.1, 0.15) is 0 Å². The molecule has 2 aliphatic rings. The van der Waals surface area contributed by atoms with Gasteiger partial charge in [0.05, 0.1) is 6.54 Å². The van der Waals surface area contributed by atoms with Gasteiger partial charge in [0.15, 0.2) is 0 Å². The van der Waals surface area contributed by atoms with Crippen molar-refractivity contribution in [3.05, 3.63) is 5.89 Å². The molecule has 0 aromatic carbocycles. The van der Waals surface area contributed by atoms with Gasteiger partial charge in [-0.25, -0.2) is 0 Å². The molecule has 17 heavy (non-hydrogen) atoms. The number of nitrogens with one attached hydrogen (secondary N) is 2. The monoisotopic (exact) mass is 254 g/mol. The molecule has 1 unspecified atom stereocenters. The highest BCUT2D eigenvalue weighted by molar-refractivity contribution is 8.00. The first-order valence-corrected chi connectivity index (χ1v) is 7.36. The topological polar surface area (TPSA) is 63.0 Å². The van der Waals surface area contributed by atoms with Gasteiger partial charge in [-0.1, -0.05) is 5.10 Å². The molecule has 1 aliphatic carbocycles. The van der Waals surface area contributed by atoms with Gasteiger partial charge in [-0.2, -0.15) is 11.8 Å². The normalized spacial score (nSPS) is 24.1. The van der Waals surface area contributed by atoms with Crippen molar-refractivity contribution in [2.45, 2.75) is 43.5 Å². The molecule has 0 spiro atoms. The minimum absolute atomic E-state index is 0.560. The van der Waals surface area contributed by atoms with Crippen LogP contribution in [0.1, 0.15) is 31.6 Å². The molecule has 0 bridgehead atoms. The number of hydrogen-bond donors (Lipinski definition) is 2. The van der Waals surface area contributed by atoms with E-state index in [2.05, 4.69) is 20.8 Å². The third-order valence-corrected chi connectivity index (χ3v) is 4.49. The van der Waals surface area contributed by atoms with Crippen LogP contribution in [0.15, 0.2) is 4.42 Å². The molecule has 0 radical (unpaired) electrons. The molecule has 1 saturated carbocycles. The van der Waals surface area contributed by atoms with Gasteiger partial charge >= 0.3 is 6.01 Å². The van der Waals surface area contributed by atoms with E-state index in [1.165, 1.54) is 31.4 Å². The molecule has 6 heteroatoms. The Kier molecular flexibility index (Phi) is 3.51. The van der Waals surface area contributed by atoms with Crippen LogP contribution in [0.25, 0.3) is 0 Å². The summed E-state index contributed by atoms with van der Waals surface area (Å²) in [6.45, 7) is 1.62. The number of nitrogens with zero attached hydrogens (tertiary/aromatic N) is 2. The van der Waals surface area contributed by atoms with Crippen LogP contribution in [0.2, 0.25) is 0 Å². The van der Waals surface area contributed by atoms with Crippen molar-refractivity contribution in [3.8, 4) is 0 Å². The van der Waals surface area contributed by atoms with Crippen molar-refractivity contribution in [3.63, 3.8) is 0 Å². The Morgan fingerprint density at radius 1 is 1.29 bits per heavy atom. The van der Waals surface area contributed by atoms with Gasteiger partial charge in [0.25, 0.3) is 0 Å². The van der Waals surface area contributed by atoms with Crippen molar-refractivity contribution in [2.24, 2.45) is 0 Å². The van der Waals surface area contributed by atoms with E-state index in [-0.39, 0.29) is 0 Å². The predicted octanol–water partition coefficient (Wildman–Crippen LogP) is 1.63. The Morgan fingerprint density at radius 2 is 2.24 bits per heavy atom. The minimum Gasteiger partial charge on any atom is -0.407 e. The minimum atomic E-state index is 0.560. The molecule has 3 rings (SSSR count). The molecule has 1 aliphatic heterocycles. The zero-order valence-electron chi connectivity index (χ0n) is 9.82. The van der Waals surface area contributed by atoms with Crippen LogP contribution in [0.3, 0.4) is 0 Å². The van der Waals surface area contributed by atoms with Crippen molar-refractivity contribution in [1.82, 2.24) is 15.5 Å². The third kappa shape index (κ3) is 3.35. The fourth-order valence-electron chi connectivity index (χ4n) is 1.92. The lowest BCUT2D eigenvalue weighted by molar-refractivity contribution is 0.475. The lowest BCUT2D eigenvalue weighted by Crippen LogP contribution is -2.15. The van der Waals surface area contributed by atoms with E-state index in [0.717, 1.165) is 6.54 Å². The SMILES string of the molecule is C1CSC(CNc2nnc(CNC3CC3)o2)C1. The average Bonchev–Trinajstić information content (AvgIpc) is 2.86. The van der Waals surface area contributed by atoms with E-state index >= 15 is 0 Å². The van der Waals surface area contributed by atoms with Gasteiger partial charge in [-0.05, 0) is 31.4 Å². The lowest BCUT2D eigenvalue weighted by Gasteiger charge is -2.07. The molecule has 2 N–H and O–H groups in total. The number of aromatic nitrogens is 2. The third-order valence-electron chi connectivity index (χ3n) is 3.09. The van der Waals surface area contributed by atoms with Gasteiger partial charge < -0.3 is 15.1 Å². The van der Waals surface area contributed by atoms with E-state index in [0.29, 0.717) is 29.7 Å². The Hall–Kier alpha value is -0.750. The smallest absolute Gasteiger partial charge is 0.315 e. The second-order valence-corrected chi connectivity index (χ2v) is 6.08. The Bertz CT molecular complexity index is 360. The molecule has 1 aromatic heterocycles. The quantitative estimate of drug-likeness (QED) is 0.804. The molecule has 94 valence electrons. The second kappa shape index (κ2) is 5.27. The largest absolute Gasteiger partial charge is 0.407 e. The summed E-state index contributed by atoms with van der Waals surface area (Å²) in [4.78, 5) is 0. The zero-order chi connectivity index (χ0) is 11.5. The molecular formula is C11H18N4OS. The Labute approximate surface area is 105 Å². The number of anilines is 1. The van der Waals surface area contributed by atoms with Crippen LogP contribution < -0.4 is 10.6 Å². The molecular weight excluding hydrogens is 236 g/mol. The Morgan fingerprint density at radius 3 is 3.00 bits per heavy atom. The second-order valence-electron chi connectivity index (χ2n) is 4.67. The molecule has 5 nitrogen and oxygen atoms in total. The first-order valence-electron chi connectivity index (χ1n) is 6.31. The van der Waals surface area contributed by atoms with Gasteiger partial charge in [-0.15, -0.1) is 5.10 Å². The fourth-order valence-corrected chi connectivity index (χ4v) is 3.12. The van der Waals surface area contributed by atoms with Crippen molar-refractivity contribution >= 4 is 17.8 Å². The number of rotatable bonds is 6. The van der Waals surface area contributed by atoms with Crippen LogP contribution in [0.4, 0.5) is 6.01 Å². The van der Waals surface area contributed by atoms with E-state index in [9.17, 15) is 0 Å². The van der Waals surface area contributed by atoms with Crippen molar-refractivity contribution in [2.75, 3.05) is 17.6 Å². The molecule has 1 aromatic rings. The number of hydrogen-bond acceptors (Lipinski definition) is 6. The molecule has 0 amide bonds. The van der Waals surface area contributed by atoms with E-state index in [1.54, 1.807) is 0 Å². The molecule has 2 fully saturated rings. The lowest BCUT2D eigenvalue weighted by atomic mass is 10.2. The summed E-state index contributed by atoms with van der Waals surface area (Å²) in [6.07, 6.45) is 5.18. The van der Waals surface area contributed by atoms with Crippen LogP contribution in [0, 0.1) is 0 Å². The maximum Gasteiger partial charge on any atom is 0.315 e. The van der Waals surface area contributed by atoms with Crippen molar-refractivity contribution < 1.29 is 4.42 Å². The zero-order valence-corrected chi connectivity index (χ0v) is 10.6. The first kappa shape index (κ1) is 11.3. The summed E-state index contributed by atoms with van der Waals surface area (Å²) in [7, 11) is 0. The highest BCUT2D eigenvalue weighted by Gasteiger charge is 2.21. The van der Waals surface area contributed by atoms with E-state index in [1.807, 2.05) is 11.8 Å². The molecule has 2 heterocycles. The average molecular weight is 254 g/mol. The van der Waals surface area contributed by atoms with Crippen LogP contribution in [-0.2, 0) is 6.54 Å². The van der Waals surface area contributed by atoms with Crippen LogP contribution in [0.5, 0.6) is 0 Å². The van der Waals surface area contributed by atoms with E-state index < -0.39 is 0 Å². The summed E-state index contributed by atoms with van der Waals surface area (Å²) in [5, 5.41) is 15.3.